The number of hydrogen-bond donors (Lipinski definition) is 1. The molecule has 0 spiro atoms. The molecule has 0 aromatic heterocycles. The number of nitrogens with one attached hydrogen (secondary N) is 1. The molecule has 1 saturated heterocycles. The van der Waals surface area contributed by atoms with Crippen LogP contribution in [0.3, 0.4) is 0 Å². The first-order valence-electron chi connectivity index (χ1n) is 5.97. The van der Waals surface area contributed by atoms with Gasteiger partial charge in [0.2, 0.25) is 0 Å². The molecule has 2 heterocycles. The first kappa shape index (κ1) is 13.3. The Morgan fingerprint density at radius 2 is 2.05 bits per heavy atom. The van der Waals surface area contributed by atoms with Gasteiger partial charge in [0.25, 0.3) is 11.1 Å². The minimum Gasteiger partial charge on any atom is -0.489 e. The van der Waals surface area contributed by atoms with Crippen LogP contribution in [-0.2, 0) is 4.79 Å². The van der Waals surface area contributed by atoms with E-state index in [0.29, 0.717) is 40.2 Å². The molecule has 20 heavy (non-hydrogen) atoms. The minimum absolute atomic E-state index is 0.334. The molecule has 3 rings (SSSR count). The van der Waals surface area contributed by atoms with E-state index in [1.54, 1.807) is 18.2 Å². The van der Waals surface area contributed by atoms with Gasteiger partial charge in [0, 0.05) is 6.42 Å². The van der Waals surface area contributed by atoms with Gasteiger partial charge in [-0.15, -0.1) is 0 Å². The molecule has 0 unspecified atom stereocenters. The molecule has 1 aromatic carbocycles. The summed E-state index contributed by atoms with van der Waals surface area (Å²) >= 11 is 7.02. The summed E-state index contributed by atoms with van der Waals surface area (Å²) in [5, 5.41) is 2.25. The molecule has 2 aliphatic rings. The Balaban J connectivity index is 1.97. The smallest absolute Gasteiger partial charge is 0.290 e. The average Bonchev–Trinajstić information content (AvgIpc) is 2.61. The monoisotopic (exact) mass is 311 g/mol. The molecule has 2 amide bonds. The van der Waals surface area contributed by atoms with Crippen LogP contribution in [0.25, 0.3) is 6.08 Å². The van der Waals surface area contributed by atoms with Crippen LogP contribution >= 0.6 is 23.4 Å². The molecule has 2 aliphatic heterocycles. The fourth-order valence-corrected chi connectivity index (χ4v) is 2.86. The van der Waals surface area contributed by atoms with Gasteiger partial charge in [0.05, 0.1) is 23.1 Å². The Kier molecular flexibility index (Phi) is 3.58. The van der Waals surface area contributed by atoms with Gasteiger partial charge in [0.1, 0.15) is 0 Å². The number of carbonyl (C=O) groups is 2. The molecular formula is C13H10ClNO4S. The first-order chi connectivity index (χ1) is 9.63. The minimum atomic E-state index is -0.400. The third kappa shape index (κ3) is 2.62. The molecule has 0 saturated carbocycles. The van der Waals surface area contributed by atoms with E-state index in [9.17, 15) is 9.59 Å². The molecule has 0 aliphatic carbocycles. The van der Waals surface area contributed by atoms with E-state index in [-0.39, 0.29) is 5.24 Å². The lowest BCUT2D eigenvalue weighted by atomic mass is 10.2. The number of ether oxygens (including phenoxy) is 2. The van der Waals surface area contributed by atoms with E-state index in [1.807, 2.05) is 0 Å². The second kappa shape index (κ2) is 5.38. The summed E-state index contributed by atoms with van der Waals surface area (Å²) in [7, 11) is 0. The van der Waals surface area contributed by atoms with E-state index in [0.717, 1.165) is 18.2 Å². The Morgan fingerprint density at radius 3 is 2.80 bits per heavy atom. The van der Waals surface area contributed by atoms with E-state index >= 15 is 0 Å². The molecule has 0 radical (unpaired) electrons. The van der Waals surface area contributed by atoms with E-state index in [4.69, 9.17) is 21.1 Å². The van der Waals surface area contributed by atoms with Gasteiger partial charge in [0.15, 0.2) is 11.5 Å². The topological polar surface area (TPSA) is 64.6 Å². The number of halogens is 1. The van der Waals surface area contributed by atoms with Crippen molar-refractivity contribution in [3.05, 3.63) is 27.6 Å². The fourth-order valence-electron chi connectivity index (χ4n) is 1.91. The SMILES string of the molecule is O=C1NC(=O)/C(=C/c2cc(Cl)c3c(c2)OCCCO3)S1. The van der Waals surface area contributed by atoms with Crippen LogP contribution in [0.15, 0.2) is 17.0 Å². The first-order valence-corrected chi connectivity index (χ1v) is 7.17. The second-order valence-electron chi connectivity index (χ2n) is 4.23. The third-order valence-electron chi connectivity index (χ3n) is 2.76. The van der Waals surface area contributed by atoms with Crippen LogP contribution in [0, 0.1) is 0 Å². The Bertz CT molecular complexity index is 629. The molecule has 5 nitrogen and oxygen atoms in total. The molecule has 104 valence electrons. The van der Waals surface area contributed by atoms with E-state index in [2.05, 4.69) is 5.32 Å². The molecule has 7 heteroatoms. The number of benzene rings is 1. The van der Waals surface area contributed by atoms with Crippen molar-refractivity contribution in [3.63, 3.8) is 0 Å². The van der Waals surface area contributed by atoms with E-state index in [1.165, 1.54) is 0 Å². The normalized spacial score (nSPS) is 19.9. The van der Waals surface area contributed by atoms with Crippen LogP contribution in [0.2, 0.25) is 5.02 Å². The molecule has 1 aromatic rings. The highest BCUT2D eigenvalue weighted by atomic mass is 35.5. The zero-order valence-corrected chi connectivity index (χ0v) is 11.8. The number of carbonyl (C=O) groups excluding carboxylic acids is 2. The number of rotatable bonds is 1. The van der Waals surface area contributed by atoms with Gasteiger partial charge in [-0.2, -0.15) is 0 Å². The summed E-state index contributed by atoms with van der Waals surface area (Å²) in [5.74, 6) is 0.672. The highest BCUT2D eigenvalue weighted by molar-refractivity contribution is 8.18. The maximum Gasteiger partial charge on any atom is 0.290 e. The lowest BCUT2D eigenvalue weighted by Crippen LogP contribution is -2.17. The van der Waals surface area contributed by atoms with Crippen LogP contribution in [0.1, 0.15) is 12.0 Å². The van der Waals surface area contributed by atoms with Crippen molar-refractivity contribution in [1.29, 1.82) is 0 Å². The fraction of sp³-hybridized carbons (Fsp3) is 0.231. The zero-order valence-electron chi connectivity index (χ0n) is 10.3. The van der Waals surface area contributed by atoms with Gasteiger partial charge < -0.3 is 9.47 Å². The number of imide groups is 1. The van der Waals surface area contributed by atoms with Crippen molar-refractivity contribution in [2.75, 3.05) is 13.2 Å². The largest absolute Gasteiger partial charge is 0.489 e. The highest BCUT2D eigenvalue weighted by Crippen LogP contribution is 2.39. The third-order valence-corrected chi connectivity index (χ3v) is 3.86. The summed E-state index contributed by atoms with van der Waals surface area (Å²) < 4.78 is 11.1. The highest BCUT2D eigenvalue weighted by Gasteiger charge is 2.25. The average molecular weight is 312 g/mol. The molecule has 1 fully saturated rings. The van der Waals surface area contributed by atoms with Crippen LogP contribution < -0.4 is 14.8 Å². The standard InChI is InChI=1S/C13H10ClNO4S/c14-8-4-7(6-10-12(16)15-13(17)20-10)5-9-11(8)19-3-1-2-18-9/h4-6H,1-3H2,(H,15,16,17)/b10-6-. The summed E-state index contributed by atoms with van der Waals surface area (Å²) in [6, 6.07) is 3.43. The van der Waals surface area contributed by atoms with Crippen LogP contribution in [-0.4, -0.2) is 24.4 Å². The Labute approximate surface area is 124 Å². The molecule has 0 atom stereocenters. The predicted octanol–water partition coefficient (Wildman–Crippen LogP) is 2.83. The quantitative estimate of drug-likeness (QED) is 0.808. The van der Waals surface area contributed by atoms with Gasteiger partial charge in [-0.1, -0.05) is 11.6 Å². The Hall–Kier alpha value is -1.66. The summed E-state index contributed by atoms with van der Waals surface area (Å²) in [5.41, 5.74) is 0.687. The molecule has 1 N–H and O–H groups in total. The number of amides is 2. The number of hydrogen-bond acceptors (Lipinski definition) is 5. The van der Waals surface area contributed by atoms with Gasteiger partial charge in [-0.3, -0.25) is 14.9 Å². The van der Waals surface area contributed by atoms with Gasteiger partial charge >= 0.3 is 0 Å². The number of fused-ring (bicyclic) bond motifs is 1. The van der Waals surface area contributed by atoms with Crippen molar-refractivity contribution in [2.24, 2.45) is 0 Å². The van der Waals surface area contributed by atoms with Crippen molar-refractivity contribution in [2.45, 2.75) is 6.42 Å². The van der Waals surface area contributed by atoms with Gasteiger partial charge in [-0.05, 0) is 35.5 Å². The maximum absolute atomic E-state index is 11.5. The lowest BCUT2D eigenvalue weighted by molar-refractivity contribution is -0.115. The maximum atomic E-state index is 11.5. The summed E-state index contributed by atoms with van der Waals surface area (Å²) in [4.78, 5) is 23.0. The Morgan fingerprint density at radius 1 is 1.25 bits per heavy atom. The molecule has 0 bridgehead atoms. The van der Waals surface area contributed by atoms with E-state index < -0.39 is 5.91 Å². The lowest BCUT2D eigenvalue weighted by Gasteiger charge is -2.10. The summed E-state index contributed by atoms with van der Waals surface area (Å²) in [6.07, 6.45) is 2.39. The van der Waals surface area contributed by atoms with Gasteiger partial charge in [-0.25, -0.2) is 0 Å². The van der Waals surface area contributed by atoms with Crippen molar-refractivity contribution >= 4 is 40.6 Å². The van der Waals surface area contributed by atoms with Crippen molar-refractivity contribution < 1.29 is 19.1 Å². The van der Waals surface area contributed by atoms with Crippen LogP contribution in [0.5, 0.6) is 11.5 Å². The second-order valence-corrected chi connectivity index (χ2v) is 5.65. The summed E-state index contributed by atoms with van der Waals surface area (Å²) in [6.45, 7) is 1.11. The zero-order chi connectivity index (χ0) is 14.1. The van der Waals surface area contributed by atoms with Crippen molar-refractivity contribution in [3.8, 4) is 11.5 Å². The number of thioether (sulfide) groups is 1. The predicted molar refractivity (Wildman–Crippen MR) is 76.2 cm³/mol. The van der Waals surface area contributed by atoms with Crippen LogP contribution in [0.4, 0.5) is 4.79 Å². The molecular weight excluding hydrogens is 302 g/mol. The van der Waals surface area contributed by atoms with Crippen molar-refractivity contribution in [1.82, 2.24) is 5.32 Å².